The molecule has 0 radical (unpaired) electrons. The lowest BCUT2D eigenvalue weighted by Crippen LogP contribution is -2.38. The number of likely N-dealkylation sites (N-methyl/N-ethyl adjacent to an activating group) is 1. The van der Waals surface area contributed by atoms with Crippen LogP contribution in [-0.4, -0.2) is 50.8 Å². The van der Waals surface area contributed by atoms with Gasteiger partial charge in [-0.3, -0.25) is 0 Å². The minimum absolute atomic E-state index is 0.0132. The molecule has 0 saturated carbocycles. The second-order valence-electron chi connectivity index (χ2n) is 4.98. The number of carbonyl (C=O) groups is 1. The fraction of sp³-hybridized carbons (Fsp3) is 0.533. The molecular weight excluding hydrogens is 258 g/mol. The van der Waals surface area contributed by atoms with Crippen molar-refractivity contribution < 1.29 is 19.0 Å². The number of rotatable bonds is 5. The Bertz CT molecular complexity index is 432. The van der Waals surface area contributed by atoms with Gasteiger partial charge in [0.05, 0.1) is 7.11 Å². The number of nitrogens with zero attached hydrogens (tertiary/aromatic N) is 1. The van der Waals surface area contributed by atoms with Gasteiger partial charge in [0.25, 0.3) is 0 Å². The van der Waals surface area contributed by atoms with Gasteiger partial charge in [0.15, 0.2) is 6.61 Å². The van der Waals surface area contributed by atoms with Crippen LogP contribution in [0.25, 0.3) is 0 Å². The molecule has 0 spiro atoms. The van der Waals surface area contributed by atoms with Crippen LogP contribution < -0.4 is 9.47 Å². The van der Waals surface area contributed by atoms with Crippen molar-refractivity contribution >= 4 is 5.97 Å². The first kappa shape index (κ1) is 14.7. The fourth-order valence-corrected chi connectivity index (χ4v) is 2.25. The summed E-state index contributed by atoms with van der Waals surface area (Å²) in [4.78, 5) is 13.9. The predicted molar refractivity (Wildman–Crippen MR) is 75.1 cm³/mol. The molecule has 2 rings (SSSR count). The van der Waals surface area contributed by atoms with Gasteiger partial charge < -0.3 is 19.1 Å². The van der Waals surface area contributed by atoms with E-state index in [2.05, 4.69) is 4.90 Å². The Morgan fingerprint density at radius 2 is 2.00 bits per heavy atom. The molecule has 0 N–H and O–H groups in total. The van der Waals surface area contributed by atoms with E-state index in [1.165, 1.54) is 0 Å². The zero-order valence-electron chi connectivity index (χ0n) is 12.0. The normalized spacial score (nSPS) is 19.4. The highest BCUT2D eigenvalue weighted by Crippen LogP contribution is 2.17. The van der Waals surface area contributed by atoms with Crippen molar-refractivity contribution in [3.8, 4) is 11.5 Å². The van der Waals surface area contributed by atoms with Gasteiger partial charge in [-0.2, -0.15) is 0 Å². The highest BCUT2D eigenvalue weighted by atomic mass is 16.6. The molecule has 5 nitrogen and oxygen atoms in total. The van der Waals surface area contributed by atoms with E-state index in [0.717, 1.165) is 31.7 Å². The lowest BCUT2D eigenvalue weighted by Gasteiger charge is -2.29. The van der Waals surface area contributed by atoms with Gasteiger partial charge >= 0.3 is 5.97 Å². The number of carbonyl (C=O) groups excluding carboxylic acids is 1. The minimum atomic E-state index is -0.318. The molecule has 1 aromatic rings. The highest BCUT2D eigenvalue weighted by molar-refractivity contribution is 5.71. The smallest absolute Gasteiger partial charge is 0.344 e. The van der Waals surface area contributed by atoms with Crippen LogP contribution in [0.15, 0.2) is 24.3 Å². The molecule has 110 valence electrons. The molecule has 20 heavy (non-hydrogen) atoms. The topological polar surface area (TPSA) is 48.0 Å². The van der Waals surface area contributed by atoms with Crippen LogP contribution in [0.3, 0.4) is 0 Å². The van der Waals surface area contributed by atoms with Crippen LogP contribution in [0, 0.1) is 0 Å². The zero-order chi connectivity index (χ0) is 14.4. The summed E-state index contributed by atoms with van der Waals surface area (Å²) in [6, 6.07) is 7.11. The number of ether oxygens (including phenoxy) is 3. The van der Waals surface area contributed by atoms with Crippen LogP contribution >= 0.6 is 0 Å². The summed E-state index contributed by atoms with van der Waals surface area (Å²) < 4.78 is 15.8. The van der Waals surface area contributed by atoms with Crippen LogP contribution in [-0.2, 0) is 9.53 Å². The maximum Gasteiger partial charge on any atom is 0.344 e. The van der Waals surface area contributed by atoms with Gasteiger partial charge in [-0.1, -0.05) is 0 Å². The largest absolute Gasteiger partial charge is 0.497 e. The summed E-state index contributed by atoms with van der Waals surface area (Å²) in [6.07, 6.45) is 1.98. The lowest BCUT2D eigenvalue weighted by atomic mass is 10.1. The minimum Gasteiger partial charge on any atom is -0.497 e. The van der Waals surface area contributed by atoms with E-state index in [-0.39, 0.29) is 18.7 Å². The Morgan fingerprint density at radius 3 is 2.65 bits per heavy atom. The number of piperidine rings is 1. The Labute approximate surface area is 119 Å². The molecule has 0 bridgehead atoms. The van der Waals surface area contributed by atoms with Crippen molar-refractivity contribution in [1.82, 2.24) is 4.90 Å². The van der Waals surface area contributed by atoms with Crippen molar-refractivity contribution in [3.05, 3.63) is 24.3 Å². The van der Waals surface area contributed by atoms with E-state index >= 15 is 0 Å². The average molecular weight is 279 g/mol. The van der Waals surface area contributed by atoms with E-state index in [4.69, 9.17) is 14.2 Å². The first-order chi connectivity index (χ1) is 9.67. The third-order valence-electron chi connectivity index (χ3n) is 3.30. The zero-order valence-corrected chi connectivity index (χ0v) is 12.0. The first-order valence-corrected chi connectivity index (χ1v) is 6.82. The van der Waals surface area contributed by atoms with Crippen molar-refractivity contribution in [2.24, 2.45) is 0 Å². The first-order valence-electron chi connectivity index (χ1n) is 6.82. The standard InChI is InChI=1S/C15H21NO4/c1-16-9-3-4-14(10-16)20-15(17)11-19-13-7-5-12(18-2)6-8-13/h5-8,14H,3-4,9-11H2,1-2H3/t14-/m0/s1. The molecule has 1 aromatic carbocycles. The van der Waals surface area contributed by atoms with Gasteiger partial charge in [0.2, 0.25) is 0 Å². The van der Waals surface area contributed by atoms with Crippen molar-refractivity contribution in [1.29, 1.82) is 0 Å². The molecule has 1 aliphatic rings. The molecule has 1 atom stereocenters. The summed E-state index contributed by atoms with van der Waals surface area (Å²) in [5.41, 5.74) is 0. The van der Waals surface area contributed by atoms with Gasteiger partial charge in [0.1, 0.15) is 17.6 Å². The van der Waals surface area contributed by atoms with Crippen molar-refractivity contribution in [2.75, 3.05) is 33.9 Å². The van der Waals surface area contributed by atoms with Gasteiger partial charge in [-0.25, -0.2) is 4.79 Å². The quantitative estimate of drug-likeness (QED) is 0.768. The van der Waals surface area contributed by atoms with E-state index in [1.54, 1.807) is 31.4 Å². The third-order valence-corrected chi connectivity index (χ3v) is 3.30. The summed E-state index contributed by atoms with van der Waals surface area (Å²) >= 11 is 0. The second kappa shape index (κ2) is 7.14. The van der Waals surface area contributed by atoms with Crippen molar-refractivity contribution in [2.45, 2.75) is 18.9 Å². The summed E-state index contributed by atoms with van der Waals surface area (Å²) in [7, 11) is 3.64. The summed E-state index contributed by atoms with van der Waals surface area (Å²) in [5.74, 6) is 1.06. The molecule has 0 aliphatic carbocycles. The van der Waals surface area contributed by atoms with Crippen LogP contribution in [0.1, 0.15) is 12.8 Å². The van der Waals surface area contributed by atoms with E-state index in [9.17, 15) is 4.79 Å². The van der Waals surface area contributed by atoms with E-state index in [0.29, 0.717) is 5.75 Å². The third kappa shape index (κ3) is 4.42. The monoisotopic (exact) mass is 279 g/mol. The number of benzene rings is 1. The molecule has 5 heteroatoms. The fourth-order valence-electron chi connectivity index (χ4n) is 2.25. The summed E-state index contributed by atoms with van der Waals surface area (Å²) in [6.45, 7) is 1.80. The number of hydrogen-bond acceptors (Lipinski definition) is 5. The Hall–Kier alpha value is -1.75. The Kier molecular flexibility index (Phi) is 5.24. The van der Waals surface area contributed by atoms with Gasteiger partial charge in [0, 0.05) is 6.54 Å². The van der Waals surface area contributed by atoms with Gasteiger partial charge in [-0.05, 0) is 50.7 Å². The number of esters is 1. The van der Waals surface area contributed by atoms with E-state index in [1.807, 2.05) is 7.05 Å². The SMILES string of the molecule is COc1ccc(OCC(=O)O[C@H]2CCCN(C)C2)cc1. The maximum atomic E-state index is 11.7. The molecule has 0 aromatic heterocycles. The molecular formula is C15H21NO4. The van der Waals surface area contributed by atoms with E-state index < -0.39 is 0 Å². The van der Waals surface area contributed by atoms with Crippen LogP contribution in [0.4, 0.5) is 0 Å². The highest BCUT2D eigenvalue weighted by Gasteiger charge is 2.20. The molecule has 1 heterocycles. The molecule has 1 fully saturated rings. The Morgan fingerprint density at radius 1 is 1.30 bits per heavy atom. The molecule has 0 amide bonds. The average Bonchev–Trinajstić information content (AvgIpc) is 2.46. The lowest BCUT2D eigenvalue weighted by molar-refractivity contribution is -0.153. The Balaban J connectivity index is 1.73. The van der Waals surface area contributed by atoms with Crippen LogP contribution in [0.5, 0.6) is 11.5 Å². The second-order valence-corrected chi connectivity index (χ2v) is 4.98. The predicted octanol–water partition coefficient (Wildman–Crippen LogP) is 1.71. The van der Waals surface area contributed by atoms with Crippen molar-refractivity contribution in [3.63, 3.8) is 0 Å². The maximum absolute atomic E-state index is 11.7. The number of likely N-dealkylation sites (tertiary alicyclic amines) is 1. The summed E-state index contributed by atoms with van der Waals surface area (Å²) in [5, 5.41) is 0. The van der Waals surface area contributed by atoms with Crippen LogP contribution in [0.2, 0.25) is 0 Å². The number of methoxy groups -OCH3 is 1. The molecule has 1 aliphatic heterocycles. The van der Waals surface area contributed by atoms with Gasteiger partial charge in [-0.15, -0.1) is 0 Å². The molecule has 0 unspecified atom stereocenters. The molecule has 1 saturated heterocycles. The number of hydrogen-bond donors (Lipinski definition) is 0.